The summed E-state index contributed by atoms with van der Waals surface area (Å²) < 4.78 is 26.4. The molecule has 1 aliphatic rings. The van der Waals surface area contributed by atoms with E-state index < -0.39 is 11.6 Å². The molecule has 0 aliphatic heterocycles. The molecule has 1 aromatic heterocycles. The van der Waals surface area contributed by atoms with Gasteiger partial charge >= 0.3 is 0 Å². The molecule has 1 amide bonds. The fraction of sp³-hybridized carbons (Fsp3) is 0.500. The minimum Gasteiger partial charge on any atom is -0.352 e. The first-order valence-corrected chi connectivity index (χ1v) is 8.72. The Morgan fingerprint density at radius 2 is 2.00 bits per heavy atom. The number of benzene rings is 1. The highest BCUT2D eigenvalue weighted by molar-refractivity contribution is 8.00. The van der Waals surface area contributed by atoms with Gasteiger partial charge in [0, 0.05) is 18.2 Å². The van der Waals surface area contributed by atoms with Crippen molar-refractivity contribution in [1.82, 2.24) is 15.3 Å². The summed E-state index contributed by atoms with van der Waals surface area (Å²) in [6, 6.07) is 2.39. The first kappa shape index (κ1) is 16.2. The fourth-order valence-electron chi connectivity index (χ4n) is 2.82. The molecule has 124 valence electrons. The van der Waals surface area contributed by atoms with Crippen LogP contribution >= 0.6 is 11.8 Å². The van der Waals surface area contributed by atoms with Crippen molar-refractivity contribution in [3.63, 3.8) is 0 Å². The van der Waals surface area contributed by atoms with Crippen LogP contribution in [0.25, 0.3) is 11.0 Å². The number of amides is 1. The number of carbonyl (C=O) groups is 1. The molecular formula is C16H19F2N3OS. The summed E-state index contributed by atoms with van der Waals surface area (Å²) in [6.07, 6.45) is 5.63. The van der Waals surface area contributed by atoms with Gasteiger partial charge in [-0.05, 0) is 19.8 Å². The number of rotatable bonds is 4. The molecule has 23 heavy (non-hydrogen) atoms. The number of fused-ring (bicyclic) bond motifs is 1. The van der Waals surface area contributed by atoms with Gasteiger partial charge in [0.15, 0.2) is 16.8 Å². The Labute approximate surface area is 137 Å². The van der Waals surface area contributed by atoms with Crippen molar-refractivity contribution in [2.75, 3.05) is 0 Å². The lowest BCUT2D eigenvalue weighted by atomic mass is 9.95. The molecule has 2 aromatic rings. The number of aromatic amines is 1. The van der Waals surface area contributed by atoms with Crippen molar-refractivity contribution in [3.8, 4) is 0 Å². The van der Waals surface area contributed by atoms with E-state index in [2.05, 4.69) is 15.3 Å². The van der Waals surface area contributed by atoms with Crippen LogP contribution in [0.2, 0.25) is 0 Å². The lowest BCUT2D eigenvalue weighted by Gasteiger charge is -2.24. The number of aromatic nitrogens is 2. The lowest BCUT2D eigenvalue weighted by Crippen LogP contribution is -2.40. The van der Waals surface area contributed by atoms with Crippen molar-refractivity contribution in [3.05, 3.63) is 23.8 Å². The van der Waals surface area contributed by atoms with E-state index in [0.29, 0.717) is 16.2 Å². The normalized spacial score (nSPS) is 17.3. The Kier molecular flexibility index (Phi) is 4.84. The van der Waals surface area contributed by atoms with E-state index in [-0.39, 0.29) is 17.2 Å². The summed E-state index contributed by atoms with van der Waals surface area (Å²) in [7, 11) is 0. The lowest BCUT2D eigenvalue weighted by molar-refractivity contribution is -0.121. The number of nitrogens with one attached hydrogen (secondary N) is 2. The summed E-state index contributed by atoms with van der Waals surface area (Å²) in [4.78, 5) is 19.4. The predicted molar refractivity (Wildman–Crippen MR) is 86.3 cm³/mol. The monoisotopic (exact) mass is 339 g/mol. The third-order valence-electron chi connectivity index (χ3n) is 4.11. The standard InChI is InChI=1S/C16H19F2N3OS/c1-9(15(22)19-10-5-3-2-4-6-10)23-16-20-13-7-11(17)12(18)8-14(13)21-16/h7-10H,2-6H2,1H3,(H,19,22)(H,20,21). The van der Waals surface area contributed by atoms with Crippen LogP contribution in [0.4, 0.5) is 8.78 Å². The number of thioether (sulfide) groups is 1. The van der Waals surface area contributed by atoms with Crippen molar-refractivity contribution in [1.29, 1.82) is 0 Å². The van der Waals surface area contributed by atoms with E-state index in [0.717, 1.165) is 37.8 Å². The summed E-state index contributed by atoms with van der Waals surface area (Å²) in [5.74, 6) is -1.87. The van der Waals surface area contributed by atoms with E-state index in [1.54, 1.807) is 6.92 Å². The quantitative estimate of drug-likeness (QED) is 0.834. The van der Waals surface area contributed by atoms with Gasteiger partial charge in [0.25, 0.3) is 0 Å². The molecule has 1 fully saturated rings. The predicted octanol–water partition coefficient (Wildman–Crippen LogP) is 3.77. The topological polar surface area (TPSA) is 57.8 Å². The molecule has 3 rings (SSSR count). The number of H-pyrrole nitrogens is 1. The maximum absolute atomic E-state index is 13.2. The first-order chi connectivity index (χ1) is 11.0. The Bertz CT molecular complexity index is 674. The first-order valence-electron chi connectivity index (χ1n) is 7.85. The van der Waals surface area contributed by atoms with Crippen LogP contribution in [0.3, 0.4) is 0 Å². The number of nitrogens with zero attached hydrogens (tertiary/aromatic N) is 1. The van der Waals surface area contributed by atoms with Gasteiger partial charge in [-0.1, -0.05) is 31.0 Å². The Morgan fingerprint density at radius 1 is 1.30 bits per heavy atom. The number of halogens is 2. The number of hydrogen-bond donors (Lipinski definition) is 2. The summed E-state index contributed by atoms with van der Waals surface area (Å²) in [5, 5.41) is 3.23. The Hall–Kier alpha value is -1.63. The molecule has 1 atom stereocenters. The number of carbonyl (C=O) groups excluding carboxylic acids is 1. The van der Waals surface area contributed by atoms with E-state index in [9.17, 15) is 13.6 Å². The maximum atomic E-state index is 13.2. The average Bonchev–Trinajstić information content (AvgIpc) is 2.89. The second kappa shape index (κ2) is 6.86. The van der Waals surface area contributed by atoms with Crippen molar-refractivity contribution in [2.45, 2.75) is 55.5 Å². The highest BCUT2D eigenvalue weighted by Crippen LogP contribution is 2.25. The third kappa shape index (κ3) is 3.83. The number of imidazole rings is 1. The third-order valence-corrected chi connectivity index (χ3v) is 5.10. The molecule has 2 N–H and O–H groups in total. The summed E-state index contributed by atoms with van der Waals surface area (Å²) >= 11 is 1.25. The van der Waals surface area contributed by atoms with Crippen LogP contribution in [0.5, 0.6) is 0 Å². The summed E-state index contributed by atoms with van der Waals surface area (Å²) in [5.41, 5.74) is 0.776. The average molecular weight is 339 g/mol. The Balaban J connectivity index is 1.64. The zero-order valence-corrected chi connectivity index (χ0v) is 13.7. The molecule has 4 nitrogen and oxygen atoms in total. The van der Waals surface area contributed by atoms with Crippen LogP contribution in [0, 0.1) is 11.6 Å². The van der Waals surface area contributed by atoms with Gasteiger partial charge in [-0.2, -0.15) is 0 Å². The molecule has 7 heteroatoms. The fourth-order valence-corrected chi connectivity index (χ4v) is 3.65. The minimum absolute atomic E-state index is 0.0280. The van der Waals surface area contributed by atoms with Crippen molar-refractivity contribution in [2.24, 2.45) is 0 Å². The van der Waals surface area contributed by atoms with Crippen molar-refractivity contribution < 1.29 is 13.6 Å². The van der Waals surface area contributed by atoms with Crippen LogP contribution in [0.1, 0.15) is 39.0 Å². The van der Waals surface area contributed by atoms with Gasteiger partial charge < -0.3 is 10.3 Å². The molecule has 1 saturated carbocycles. The molecule has 1 heterocycles. The largest absolute Gasteiger partial charge is 0.352 e. The molecule has 0 saturated heterocycles. The smallest absolute Gasteiger partial charge is 0.233 e. The molecule has 1 unspecified atom stereocenters. The van der Waals surface area contributed by atoms with Gasteiger partial charge in [-0.3, -0.25) is 4.79 Å². The van der Waals surface area contributed by atoms with Crippen LogP contribution in [0.15, 0.2) is 17.3 Å². The van der Waals surface area contributed by atoms with Crippen molar-refractivity contribution >= 4 is 28.7 Å². The second-order valence-corrected chi connectivity index (χ2v) is 7.26. The van der Waals surface area contributed by atoms with Gasteiger partial charge in [-0.15, -0.1) is 0 Å². The van der Waals surface area contributed by atoms with Crippen LogP contribution < -0.4 is 5.32 Å². The van der Waals surface area contributed by atoms with Crippen LogP contribution in [-0.2, 0) is 4.79 Å². The van der Waals surface area contributed by atoms with E-state index in [1.807, 2.05) is 0 Å². The number of hydrogen-bond acceptors (Lipinski definition) is 3. The highest BCUT2D eigenvalue weighted by atomic mass is 32.2. The zero-order valence-electron chi connectivity index (χ0n) is 12.9. The second-order valence-electron chi connectivity index (χ2n) is 5.93. The van der Waals surface area contributed by atoms with E-state index in [1.165, 1.54) is 18.2 Å². The molecular weight excluding hydrogens is 320 g/mol. The van der Waals surface area contributed by atoms with E-state index in [4.69, 9.17) is 0 Å². The maximum Gasteiger partial charge on any atom is 0.233 e. The van der Waals surface area contributed by atoms with Gasteiger partial charge in [-0.25, -0.2) is 13.8 Å². The SMILES string of the molecule is CC(Sc1nc2cc(F)c(F)cc2[nH]1)C(=O)NC1CCCCC1. The summed E-state index contributed by atoms with van der Waals surface area (Å²) in [6.45, 7) is 1.80. The van der Waals surface area contributed by atoms with Crippen LogP contribution in [-0.4, -0.2) is 27.2 Å². The van der Waals surface area contributed by atoms with Gasteiger partial charge in [0.2, 0.25) is 5.91 Å². The zero-order chi connectivity index (χ0) is 16.4. The van der Waals surface area contributed by atoms with Gasteiger partial charge in [0.1, 0.15) is 0 Å². The minimum atomic E-state index is -0.927. The molecule has 0 spiro atoms. The van der Waals surface area contributed by atoms with Gasteiger partial charge in [0.05, 0.1) is 16.3 Å². The molecule has 1 aromatic carbocycles. The Morgan fingerprint density at radius 3 is 2.74 bits per heavy atom. The molecule has 0 bridgehead atoms. The molecule has 1 aliphatic carbocycles. The molecule has 0 radical (unpaired) electrons. The highest BCUT2D eigenvalue weighted by Gasteiger charge is 2.21. The van der Waals surface area contributed by atoms with E-state index >= 15 is 0 Å².